The highest BCUT2D eigenvalue weighted by molar-refractivity contribution is 5.80. The summed E-state index contributed by atoms with van der Waals surface area (Å²) in [7, 11) is 1.58. The van der Waals surface area contributed by atoms with E-state index in [1.54, 1.807) is 11.9 Å². The molecule has 0 aliphatic rings. The maximum Gasteiger partial charge on any atom is 0.319 e. The third-order valence-corrected chi connectivity index (χ3v) is 1.81. The second-order valence-corrected chi connectivity index (χ2v) is 3.02. The van der Waals surface area contributed by atoms with E-state index in [1.807, 2.05) is 6.92 Å². The van der Waals surface area contributed by atoms with Crippen LogP contribution in [0.4, 0.5) is 12.0 Å². The smallest absolute Gasteiger partial charge is 0.319 e. The van der Waals surface area contributed by atoms with Crippen molar-refractivity contribution in [2.75, 3.05) is 30.8 Å². The van der Waals surface area contributed by atoms with Gasteiger partial charge in [0, 0.05) is 13.6 Å². The van der Waals surface area contributed by atoms with Crippen LogP contribution < -0.4 is 16.0 Å². The molecule has 0 aromatic carbocycles. The molecule has 1 aromatic heterocycles. The molecule has 0 aliphatic heterocycles. The maximum absolute atomic E-state index is 11.2. The fourth-order valence-electron chi connectivity index (χ4n) is 1.12. The van der Waals surface area contributed by atoms with Gasteiger partial charge in [0.1, 0.15) is 6.54 Å². The SMILES string of the molecule is CCCN(CC(=O)NC)c1nnc(N)o1. The Balaban J connectivity index is 2.69. The molecule has 0 unspecified atom stereocenters. The predicted molar refractivity (Wildman–Crippen MR) is 55.3 cm³/mol. The number of anilines is 2. The van der Waals surface area contributed by atoms with Crippen LogP contribution in [0.1, 0.15) is 13.3 Å². The van der Waals surface area contributed by atoms with Gasteiger partial charge in [-0.25, -0.2) is 0 Å². The van der Waals surface area contributed by atoms with Crippen molar-refractivity contribution in [1.29, 1.82) is 0 Å². The van der Waals surface area contributed by atoms with Gasteiger partial charge in [0.25, 0.3) is 0 Å². The minimum absolute atomic E-state index is 0.00279. The first kappa shape index (κ1) is 11.3. The van der Waals surface area contributed by atoms with E-state index >= 15 is 0 Å². The van der Waals surface area contributed by atoms with Crippen molar-refractivity contribution >= 4 is 17.9 Å². The topological polar surface area (TPSA) is 97.3 Å². The second kappa shape index (κ2) is 5.18. The Hall–Kier alpha value is -1.79. The number of amides is 1. The third kappa shape index (κ3) is 3.12. The Morgan fingerprint density at radius 3 is 2.80 bits per heavy atom. The molecule has 1 amide bonds. The molecular weight excluding hydrogens is 198 g/mol. The number of likely N-dealkylation sites (N-methyl/N-ethyl adjacent to an activating group) is 1. The standard InChI is InChI=1S/C8H15N5O2/c1-3-4-13(5-6(14)10-2)8-12-11-7(9)15-8/h3-5H2,1-2H3,(H2,9,11)(H,10,14). The first-order valence-electron chi connectivity index (χ1n) is 4.71. The summed E-state index contributed by atoms with van der Waals surface area (Å²) in [5, 5.41) is 9.80. The van der Waals surface area contributed by atoms with Crippen molar-refractivity contribution in [3.05, 3.63) is 0 Å². The molecule has 3 N–H and O–H groups in total. The Bertz CT molecular complexity index is 325. The number of carbonyl (C=O) groups excluding carboxylic acids is 1. The van der Waals surface area contributed by atoms with Crippen molar-refractivity contribution in [2.45, 2.75) is 13.3 Å². The highest BCUT2D eigenvalue weighted by Gasteiger charge is 2.15. The summed E-state index contributed by atoms with van der Waals surface area (Å²) in [6.45, 7) is 2.84. The largest absolute Gasteiger partial charge is 0.390 e. The van der Waals surface area contributed by atoms with Crippen LogP contribution in [0, 0.1) is 0 Å². The van der Waals surface area contributed by atoms with Gasteiger partial charge < -0.3 is 20.4 Å². The lowest BCUT2D eigenvalue weighted by Crippen LogP contribution is -2.36. The van der Waals surface area contributed by atoms with Crippen LogP contribution in [0.3, 0.4) is 0 Å². The summed E-state index contributed by atoms with van der Waals surface area (Å²) in [6.07, 6.45) is 0.874. The number of hydrogen-bond donors (Lipinski definition) is 2. The predicted octanol–water partition coefficient (Wildman–Crippen LogP) is -0.386. The van der Waals surface area contributed by atoms with Crippen LogP contribution in [-0.4, -0.2) is 36.2 Å². The zero-order valence-electron chi connectivity index (χ0n) is 8.86. The van der Waals surface area contributed by atoms with E-state index < -0.39 is 0 Å². The molecule has 7 heteroatoms. The molecule has 0 atom stereocenters. The monoisotopic (exact) mass is 213 g/mol. The molecule has 0 saturated heterocycles. The van der Waals surface area contributed by atoms with Gasteiger partial charge in [-0.15, -0.1) is 0 Å². The Kier molecular flexibility index (Phi) is 3.90. The number of nitrogens with two attached hydrogens (primary N) is 1. The molecule has 0 radical (unpaired) electrons. The van der Waals surface area contributed by atoms with E-state index in [1.165, 1.54) is 0 Å². The molecule has 0 spiro atoms. The normalized spacial score (nSPS) is 10.0. The number of carbonyl (C=O) groups is 1. The van der Waals surface area contributed by atoms with E-state index in [0.717, 1.165) is 6.42 Å². The molecule has 1 rings (SSSR count). The molecule has 1 aromatic rings. The summed E-state index contributed by atoms with van der Waals surface area (Å²) in [6, 6.07) is 0.279. The molecular formula is C8H15N5O2. The fourth-order valence-corrected chi connectivity index (χ4v) is 1.12. The van der Waals surface area contributed by atoms with E-state index in [-0.39, 0.29) is 24.5 Å². The first-order chi connectivity index (χ1) is 7.17. The van der Waals surface area contributed by atoms with Crippen LogP contribution in [-0.2, 0) is 4.79 Å². The van der Waals surface area contributed by atoms with E-state index in [0.29, 0.717) is 6.54 Å². The Labute approximate surface area is 87.6 Å². The van der Waals surface area contributed by atoms with Gasteiger partial charge in [-0.1, -0.05) is 17.1 Å². The minimum Gasteiger partial charge on any atom is -0.390 e. The van der Waals surface area contributed by atoms with Crippen molar-refractivity contribution in [3.8, 4) is 0 Å². The van der Waals surface area contributed by atoms with Crippen LogP contribution in [0.25, 0.3) is 0 Å². The molecule has 0 saturated carbocycles. The lowest BCUT2D eigenvalue weighted by Gasteiger charge is -2.17. The summed E-state index contributed by atoms with van der Waals surface area (Å²) < 4.78 is 5.05. The van der Waals surface area contributed by atoms with E-state index in [9.17, 15) is 4.79 Å². The average Bonchev–Trinajstić information content (AvgIpc) is 2.64. The van der Waals surface area contributed by atoms with Crippen molar-refractivity contribution in [1.82, 2.24) is 15.5 Å². The lowest BCUT2D eigenvalue weighted by molar-refractivity contribution is -0.119. The number of nitrogens with one attached hydrogen (secondary N) is 1. The molecule has 0 bridgehead atoms. The Morgan fingerprint density at radius 1 is 1.60 bits per heavy atom. The number of nitrogens with zero attached hydrogens (tertiary/aromatic N) is 3. The first-order valence-corrected chi connectivity index (χ1v) is 4.71. The highest BCUT2D eigenvalue weighted by atomic mass is 16.4. The molecule has 0 aliphatic carbocycles. The molecule has 0 fully saturated rings. The van der Waals surface area contributed by atoms with Gasteiger partial charge in [0.15, 0.2) is 0 Å². The van der Waals surface area contributed by atoms with Gasteiger partial charge in [0.2, 0.25) is 5.91 Å². The molecule has 84 valence electrons. The van der Waals surface area contributed by atoms with E-state index in [4.69, 9.17) is 10.2 Å². The summed E-state index contributed by atoms with van der Waals surface area (Å²) in [5.74, 6) is -0.111. The van der Waals surface area contributed by atoms with Crippen molar-refractivity contribution in [2.24, 2.45) is 0 Å². The van der Waals surface area contributed by atoms with Gasteiger partial charge >= 0.3 is 12.0 Å². The van der Waals surface area contributed by atoms with Crippen LogP contribution in [0.5, 0.6) is 0 Å². The third-order valence-electron chi connectivity index (χ3n) is 1.81. The summed E-state index contributed by atoms with van der Waals surface area (Å²) >= 11 is 0. The van der Waals surface area contributed by atoms with Crippen molar-refractivity contribution < 1.29 is 9.21 Å². The number of nitrogen functional groups attached to an aromatic ring is 1. The van der Waals surface area contributed by atoms with Crippen LogP contribution in [0.15, 0.2) is 4.42 Å². The molecule has 7 nitrogen and oxygen atoms in total. The van der Waals surface area contributed by atoms with Gasteiger partial charge in [-0.05, 0) is 6.42 Å². The summed E-state index contributed by atoms with van der Waals surface area (Å²) in [4.78, 5) is 12.9. The van der Waals surface area contributed by atoms with Gasteiger partial charge in [-0.3, -0.25) is 4.79 Å². The zero-order valence-corrected chi connectivity index (χ0v) is 8.86. The van der Waals surface area contributed by atoms with E-state index in [2.05, 4.69) is 15.5 Å². The Morgan fingerprint density at radius 2 is 2.33 bits per heavy atom. The van der Waals surface area contributed by atoms with Gasteiger partial charge in [0.05, 0.1) is 0 Å². The number of rotatable bonds is 5. The second-order valence-electron chi connectivity index (χ2n) is 3.02. The lowest BCUT2D eigenvalue weighted by atomic mass is 10.4. The molecule has 15 heavy (non-hydrogen) atoms. The summed E-state index contributed by atoms with van der Waals surface area (Å²) in [5.41, 5.74) is 5.31. The average molecular weight is 213 g/mol. The van der Waals surface area contributed by atoms with Gasteiger partial charge in [-0.2, -0.15) is 0 Å². The number of aromatic nitrogens is 2. The number of hydrogen-bond acceptors (Lipinski definition) is 6. The van der Waals surface area contributed by atoms with Crippen LogP contribution in [0.2, 0.25) is 0 Å². The maximum atomic E-state index is 11.2. The van der Waals surface area contributed by atoms with Crippen LogP contribution >= 0.6 is 0 Å². The fraction of sp³-hybridized carbons (Fsp3) is 0.625. The zero-order chi connectivity index (χ0) is 11.3. The molecule has 1 heterocycles. The minimum atomic E-state index is -0.111. The highest BCUT2D eigenvalue weighted by Crippen LogP contribution is 2.12. The van der Waals surface area contributed by atoms with Crippen molar-refractivity contribution in [3.63, 3.8) is 0 Å². The quantitative estimate of drug-likeness (QED) is 0.691.